The van der Waals surface area contributed by atoms with Gasteiger partial charge in [0.15, 0.2) is 11.5 Å². The topological polar surface area (TPSA) is 31.4 Å². The first kappa shape index (κ1) is 13.8. The highest BCUT2D eigenvalue weighted by atomic mass is 32.1. The summed E-state index contributed by atoms with van der Waals surface area (Å²) in [4.78, 5) is 6.11. The first-order valence-corrected chi connectivity index (χ1v) is 8.05. The molecule has 106 valence electrons. The van der Waals surface area contributed by atoms with Crippen LogP contribution in [-0.2, 0) is 5.75 Å². The predicted molar refractivity (Wildman–Crippen MR) is 85.3 cm³/mol. The fraction of sp³-hybridized carbons (Fsp3) is 0.400. The molecular weight excluding hydrogens is 290 g/mol. The lowest BCUT2D eigenvalue weighted by atomic mass is 10.2. The standard InChI is InChI=1S/C15H17NO2S2/c1-17-11-5-3-4-10(14(11)18-2)15-16-13(9-6-7-9)12(8-19)20-15/h3-5,9,19H,6-8H2,1-2H3. The Hall–Kier alpha value is -1.20. The van der Waals surface area contributed by atoms with Gasteiger partial charge in [0.25, 0.3) is 0 Å². The molecule has 0 radical (unpaired) electrons. The molecule has 5 heteroatoms. The highest BCUT2D eigenvalue weighted by Crippen LogP contribution is 2.46. The average Bonchev–Trinajstić information content (AvgIpc) is 3.25. The normalized spacial score (nSPS) is 14.3. The molecule has 0 amide bonds. The molecular formula is C15H17NO2S2. The number of benzene rings is 1. The highest BCUT2D eigenvalue weighted by Gasteiger charge is 2.30. The Balaban J connectivity index is 2.08. The van der Waals surface area contributed by atoms with Crippen LogP contribution in [0.2, 0.25) is 0 Å². The Morgan fingerprint density at radius 2 is 2.10 bits per heavy atom. The van der Waals surface area contributed by atoms with E-state index in [0.717, 1.165) is 27.8 Å². The van der Waals surface area contributed by atoms with Gasteiger partial charge in [-0.05, 0) is 25.0 Å². The number of hydrogen-bond donors (Lipinski definition) is 1. The Morgan fingerprint density at radius 1 is 1.30 bits per heavy atom. The smallest absolute Gasteiger partial charge is 0.170 e. The Morgan fingerprint density at radius 3 is 2.70 bits per heavy atom. The summed E-state index contributed by atoms with van der Waals surface area (Å²) in [6.45, 7) is 0. The van der Waals surface area contributed by atoms with Gasteiger partial charge in [-0.3, -0.25) is 0 Å². The molecule has 3 rings (SSSR count). The van der Waals surface area contributed by atoms with Gasteiger partial charge in [0.1, 0.15) is 5.01 Å². The maximum absolute atomic E-state index is 5.50. The summed E-state index contributed by atoms with van der Waals surface area (Å²) in [6.07, 6.45) is 2.50. The molecule has 1 aromatic carbocycles. The molecule has 0 N–H and O–H groups in total. The molecule has 0 bridgehead atoms. The van der Waals surface area contributed by atoms with Crippen LogP contribution in [-0.4, -0.2) is 19.2 Å². The highest BCUT2D eigenvalue weighted by molar-refractivity contribution is 7.79. The quantitative estimate of drug-likeness (QED) is 0.843. The summed E-state index contributed by atoms with van der Waals surface area (Å²) in [7, 11) is 3.31. The fourth-order valence-electron chi connectivity index (χ4n) is 2.32. The molecule has 1 heterocycles. The second-order valence-electron chi connectivity index (χ2n) is 4.80. The number of para-hydroxylation sites is 1. The SMILES string of the molecule is COc1cccc(-c2nc(C3CC3)c(CS)s2)c1OC. The van der Waals surface area contributed by atoms with E-state index in [0.29, 0.717) is 5.92 Å². The van der Waals surface area contributed by atoms with Gasteiger partial charge in [0.05, 0.1) is 25.5 Å². The van der Waals surface area contributed by atoms with E-state index in [1.165, 1.54) is 23.4 Å². The monoisotopic (exact) mass is 307 g/mol. The molecule has 1 aliphatic carbocycles. The summed E-state index contributed by atoms with van der Waals surface area (Å²) in [5, 5.41) is 0.992. The van der Waals surface area contributed by atoms with Gasteiger partial charge in [0, 0.05) is 16.5 Å². The van der Waals surface area contributed by atoms with E-state index in [1.807, 2.05) is 18.2 Å². The fourth-order valence-corrected chi connectivity index (χ4v) is 3.71. The zero-order chi connectivity index (χ0) is 14.1. The van der Waals surface area contributed by atoms with Crippen LogP contribution in [0.3, 0.4) is 0 Å². The first-order valence-electron chi connectivity index (χ1n) is 6.60. The number of nitrogens with zero attached hydrogens (tertiary/aromatic N) is 1. The van der Waals surface area contributed by atoms with Crippen LogP contribution in [0.15, 0.2) is 18.2 Å². The molecule has 2 aromatic rings. The Bertz CT molecular complexity index is 620. The summed E-state index contributed by atoms with van der Waals surface area (Å²) >= 11 is 6.14. The molecule has 1 aromatic heterocycles. The average molecular weight is 307 g/mol. The van der Waals surface area contributed by atoms with Crippen molar-refractivity contribution in [1.29, 1.82) is 0 Å². The second-order valence-corrected chi connectivity index (χ2v) is 6.20. The largest absolute Gasteiger partial charge is 0.493 e. The Kier molecular flexibility index (Phi) is 3.89. The molecule has 0 aliphatic heterocycles. The number of thiazole rings is 1. The second kappa shape index (κ2) is 5.66. The maximum Gasteiger partial charge on any atom is 0.170 e. The van der Waals surface area contributed by atoms with E-state index in [2.05, 4.69) is 12.6 Å². The minimum Gasteiger partial charge on any atom is -0.493 e. The van der Waals surface area contributed by atoms with E-state index >= 15 is 0 Å². The third kappa shape index (κ3) is 2.40. The van der Waals surface area contributed by atoms with Crippen LogP contribution < -0.4 is 9.47 Å². The summed E-state index contributed by atoms with van der Waals surface area (Å²) in [5.41, 5.74) is 2.22. The number of aromatic nitrogens is 1. The van der Waals surface area contributed by atoms with Gasteiger partial charge in [-0.15, -0.1) is 11.3 Å². The van der Waals surface area contributed by atoms with Crippen LogP contribution >= 0.6 is 24.0 Å². The molecule has 0 spiro atoms. The summed E-state index contributed by atoms with van der Waals surface area (Å²) in [6, 6.07) is 5.89. The van der Waals surface area contributed by atoms with Crippen molar-refractivity contribution in [3.63, 3.8) is 0 Å². The number of rotatable bonds is 5. The third-order valence-corrected chi connectivity index (χ3v) is 5.10. The van der Waals surface area contributed by atoms with E-state index in [-0.39, 0.29) is 0 Å². The zero-order valence-corrected chi connectivity index (χ0v) is 13.3. The van der Waals surface area contributed by atoms with E-state index in [4.69, 9.17) is 14.5 Å². The molecule has 0 unspecified atom stereocenters. The number of ether oxygens (including phenoxy) is 2. The zero-order valence-electron chi connectivity index (χ0n) is 11.5. The van der Waals surface area contributed by atoms with Gasteiger partial charge in [-0.2, -0.15) is 12.6 Å². The number of hydrogen-bond acceptors (Lipinski definition) is 5. The minimum atomic E-state index is 0.638. The molecule has 3 nitrogen and oxygen atoms in total. The van der Waals surface area contributed by atoms with E-state index in [9.17, 15) is 0 Å². The van der Waals surface area contributed by atoms with Crippen molar-refractivity contribution in [2.24, 2.45) is 0 Å². The van der Waals surface area contributed by atoms with Gasteiger partial charge in [0.2, 0.25) is 0 Å². The van der Waals surface area contributed by atoms with E-state index in [1.54, 1.807) is 25.6 Å². The van der Waals surface area contributed by atoms with Gasteiger partial charge in [-0.1, -0.05) is 6.07 Å². The van der Waals surface area contributed by atoms with Crippen LogP contribution in [0.4, 0.5) is 0 Å². The van der Waals surface area contributed by atoms with Gasteiger partial charge >= 0.3 is 0 Å². The van der Waals surface area contributed by atoms with Crippen molar-refractivity contribution in [2.45, 2.75) is 24.5 Å². The summed E-state index contributed by atoms with van der Waals surface area (Å²) in [5.74, 6) is 2.87. The molecule has 0 atom stereocenters. The summed E-state index contributed by atoms with van der Waals surface area (Å²) < 4.78 is 10.9. The van der Waals surface area contributed by atoms with Crippen molar-refractivity contribution < 1.29 is 9.47 Å². The van der Waals surface area contributed by atoms with Crippen LogP contribution in [0.1, 0.15) is 29.3 Å². The molecule has 1 aliphatic rings. The van der Waals surface area contributed by atoms with Crippen LogP contribution in [0, 0.1) is 0 Å². The predicted octanol–water partition coefficient (Wildman–Crippen LogP) is 4.13. The lowest BCUT2D eigenvalue weighted by Crippen LogP contribution is -1.93. The van der Waals surface area contributed by atoms with Crippen molar-refractivity contribution in [3.05, 3.63) is 28.8 Å². The molecule has 1 saturated carbocycles. The molecule has 0 saturated heterocycles. The van der Waals surface area contributed by atoms with Crippen molar-refractivity contribution in [2.75, 3.05) is 14.2 Å². The lowest BCUT2D eigenvalue weighted by Gasteiger charge is -2.10. The van der Waals surface area contributed by atoms with Gasteiger partial charge in [-0.25, -0.2) is 4.98 Å². The van der Waals surface area contributed by atoms with Crippen molar-refractivity contribution >= 4 is 24.0 Å². The first-order chi connectivity index (χ1) is 9.78. The molecule has 1 fully saturated rings. The van der Waals surface area contributed by atoms with Crippen molar-refractivity contribution in [1.82, 2.24) is 4.98 Å². The lowest BCUT2D eigenvalue weighted by molar-refractivity contribution is 0.356. The maximum atomic E-state index is 5.50. The van der Waals surface area contributed by atoms with Crippen LogP contribution in [0.5, 0.6) is 11.5 Å². The number of methoxy groups -OCH3 is 2. The van der Waals surface area contributed by atoms with Crippen molar-refractivity contribution in [3.8, 4) is 22.1 Å². The Labute approximate surface area is 128 Å². The molecule has 20 heavy (non-hydrogen) atoms. The van der Waals surface area contributed by atoms with Crippen LogP contribution in [0.25, 0.3) is 10.6 Å². The van der Waals surface area contributed by atoms with Gasteiger partial charge < -0.3 is 9.47 Å². The minimum absolute atomic E-state index is 0.638. The van der Waals surface area contributed by atoms with E-state index < -0.39 is 0 Å². The third-order valence-electron chi connectivity index (χ3n) is 3.47. The number of thiol groups is 1.